The van der Waals surface area contributed by atoms with Crippen molar-refractivity contribution in [1.82, 2.24) is 20.4 Å². The van der Waals surface area contributed by atoms with Crippen LogP contribution in [0.3, 0.4) is 0 Å². The normalized spacial score (nSPS) is 19.8. The number of nitrogen functional groups attached to an aromatic ring is 1. The molecule has 3 N–H and O–H groups in total. The van der Waals surface area contributed by atoms with Crippen molar-refractivity contribution >= 4 is 12.1 Å². The minimum absolute atomic E-state index is 0.00219. The minimum Gasteiger partial charge on any atom is -0.496 e. The molecule has 0 spiro atoms. The lowest BCUT2D eigenvalue weighted by molar-refractivity contribution is -0.143. The zero-order valence-electron chi connectivity index (χ0n) is 25.7. The number of ether oxygens (including phenoxy) is 2. The Hall–Kier alpha value is -5.00. The number of cyclic esters (lactones) is 1. The van der Waals surface area contributed by atoms with E-state index in [4.69, 9.17) is 19.6 Å². The van der Waals surface area contributed by atoms with Crippen LogP contribution in [-0.2, 0) is 36.1 Å². The van der Waals surface area contributed by atoms with E-state index < -0.39 is 65.2 Å². The molecule has 6 rings (SSSR count). The molecule has 0 radical (unpaired) electrons. The van der Waals surface area contributed by atoms with E-state index in [1.165, 1.54) is 13.2 Å². The van der Waals surface area contributed by atoms with Gasteiger partial charge in [-0.05, 0) is 84.1 Å². The predicted molar refractivity (Wildman–Crippen MR) is 156 cm³/mol. The Morgan fingerprint density at radius 1 is 0.860 bits per heavy atom. The van der Waals surface area contributed by atoms with Crippen molar-refractivity contribution in [3.8, 4) is 16.9 Å². The van der Waals surface area contributed by atoms with Crippen LogP contribution < -0.4 is 15.8 Å². The number of methoxy groups -OCH3 is 1. The summed E-state index contributed by atoms with van der Waals surface area (Å²) >= 11 is 0. The van der Waals surface area contributed by atoms with Gasteiger partial charge in [0, 0.05) is 12.0 Å². The van der Waals surface area contributed by atoms with Gasteiger partial charge in [-0.3, -0.25) is 10.2 Å². The molecule has 0 saturated carbocycles. The van der Waals surface area contributed by atoms with Crippen LogP contribution in [0.5, 0.6) is 5.75 Å². The van der Waals surface area contributed by atoms with Gasteiger partial charge in [-0.2, -0.15) is 39.5 Å². The van der Waals surface area contributed by atoms with Crippen LogP contribution >= 0.6 is 0 Å². The van der Waals surface area contributed by atoms with Crippen molar-refractivity contribution in [1.29, 1.82) is 0 Å². The molecule has 1 aromatic heterocycles. The zero-order chi connectivity index (χ0) is 36.2. The van der Waals surface area contributed by atoms with Crippen LogP contribution in [0.4, 0.5) is 50.3 Å². The first-order valence-corrected chi connectivity index (χ1v) is 14.9. The first-order valence-electron chi connectivity index (χ1n) is 14.9. The summed E-state index contributed by atoms with van der Waals surface area (Å²) in [7, 11) is 1.35. The highest BCUT2D eigenvalue weighted by Gasteiger charge is 2.50. The molecule has 2 aliphatic rings. The van der Waals surface area contributed by atoms with E-state index in [1.807, 2.05) is 0 Å². The highest BCUT2D eigenvalue weighted by Crippen LogP contribution is 2.47. The van der Waals surface area contributed by atoms with E-state index in [1.54, 1.807) is 18.2 Å². The molecule has 2 aliphatic heterocycles. The topological polar surface area (TPSA) is 116 Å². The number of benzene rings is 3. The number of amides is 1. The Morgan fingerprint density at radius 2 is 1.54 bits per heavy atom. The molecule has 0 bridgehead atoms. The lowest BCUT2D eigenvalue weighted by Crippen LogP contribution is -2.50. The van der Waals surface area contributed by atoms with Crippen molar-refractivity contribution < 1.29 is 58.2 Å². The third-order valence-electron chi connectivity index (χ3n) is 8.48. The Kier molecular flexibility index (Phi) is 8.86. The number of aryl methyl sites for hydroxylation is 2. The summed E-state index contributed by atoms with van der Waals surface area (Å²) in [6.45, 7) is 0.0181. The number of alkyl halides is 9. The predicted octanol–water partition coefficient (Wildman–Crippen LogP) is 7.72. The third kappa shape index (κ3) is 6.88. The second-order valence-corrected chi connectivity index (χ2v) is 11.6. The second kappa shape index (κ2) is 12.7. The fraction of sp³-hybridized carbons (Fsp3) is 0.344. The summed E-state index contributed by atoms with van der Waals surface area (Å²) in [5, 5.41) is 10.4. The van der Waals surface area contributed by atoms with Gasteiger partial charge in [-0.1, -0.05) is 17.2 Å². The molecule has 18 heteroatoms. The fourth-order valence-electron chi connectivity index (χ4n) is 6.23. The zero-order valence-corrected chi connectivity index (χ0v) is 25.7. The number of nitrogens with one attached hydrogen (secondary N) is 1. The second-order valence-electron chi connectivity index (χ2n) is 11.6. The van der Waals surface area contributed by atoms with Gasteiger partial charge in [0.2, 0.25) is 5.89 Å². The van der Waals surface area contributed by atoms with Crippen LogP contribution in [0.2, 0.25) is 0 Å². The number of nitrogens with zero attached hydrogens (tertiary/aromatic N) is 3. The van der Waals surface area contributed by atoms with Gasteiger partial charge in [0.25, 0.3) is 0 Å². The largest absolute Gasteiger partial charge is 0.496 e. The molecule has 3 heterocycles. The Balaban J connectivity index is 1.43. The molecular formula is C32H26F9N5O4. The van der Waals surface area contributed by atoms with Gasteiger partial charge >= 0.3 is 30.6 Å². The number of aromatic nitrogens is 2. The van der Waals surface area contributed by atoms with Crippen LogP contribution in [0.15, 0.2) is 59.0 Å². The monoisotopic (exact) mass is 715 g/mol. The number of carbonyl (C=O) groups excluding carboxylic acids is 1. The van der Waals surface area contributed by atoms with Gasteiger partial charge in [-0.15, -0.1) is 5.10 Å². The smallest absolute Gasteiger partial charge is 0.416 e. The summed E-state index contributed by atoms with van der Waals surface area (Å²) in [5.74, 6) is 0.507. The minimum atomic E-state index is -5.16. The first-order chi connectivity index (χ1) is 23.4. The highest BCUT2D eigenvalue weighted by atomic mass is 19.4. The van der Waals surface area contributed by atoms with Crippen molar-refractivity contribution in [2.75, 3.05) is 19.4 Å². The molecule has 3 aromatic carbocycles. The van der Waals surface area contributed by atoms with E-state index >= 15 is 0 Å². The Labute approximate surface area is 277 Å². The summed E-state index contributed by atoms with van der Waals surface area (Å²) in [6.07, 6.45) is -18.6. The van der Waals surface area contributed by atoms with E-state index in [9.17, 15) is 44.3 Å². The quantitative estimate of drug-likeness (QED) is 0.187. The van der Waals surface area contributed by atoms with Crippen molar-refractivity contribution in [2.24, 2.45) is 0 Å². The van der Waals surface area contributed by atoms with Crippen LogP contribution in [-0.4, -0.2) is 40.9 Å². The van der Waals surface area contributed by atoms with Crippen molar-refractivity contribution in [3.05, 3.63) is 93.9 Å². The fourth-order valence-corrected chi connectivity index (χ4v) is 6.23. The van der Waals surface area contributed by atoms with Gasteiger partial charge < -0.3 is 19.6 Å². The van der Waals surface area contributed by atoms with Crippen LogP contribution in [0, 0.1) is 0 Å². The summed E-state index contributed by atoms with van der Waals surface area (Å²) < 4.78 is 140. The number of fused-ring (bicyclic) bond motifs is 1. The maximum Gasteiger partial charge on any atom is 0.416 e. The molecule has 9 nitrogen and oxygen atoms in total. The van der Waals surface area contributed by atoms with E-state index in [-0.39, 0.29) is 54.2 Å². The number of rotatable bonds is 7. The molecule has 1 amide bonds. The number of anilines is 1. The molecule has 4 aromatic rings. The van der Waals surface area contributed by atoms with Gasteiger partial charge in [0.1, 0.15) is 18.0 Å². The van der Waals surface area contributed by atoms with Crippen LogP contribution in [0.25, 0.3) is 11.1 Å². The number of nitrogens with two attached hydrogens (primary N) is 1. The van der Waals surface area contributed by atoms with Gasteiger partial charge in [-0.25, -0.2) is 4.79 Å². The average molecular weight is 716 g/mol. The van der Waals surface area contributed by atoms with E-state index in [2.05, 4.69) is 15.5 Å². The van der Waals surface area contributed by atoms with E-state index in [0.29, 0.717) is 29.7 Å². The van der Waals surface area contributed by atoms with Crippen molar-refractivity contribution in [2.45, 2.75) is 56.1 Å². The average Bonchev–Trinajstić information content (AvgIpc) is 3.64. The molecular weight excluding hydrogens is 689 g/mol. The first kappa shape index (κ1) is 34.8. The summed E-state index contributed by atoms with van der Waals surface area (Å²) in [4.78, 5) is 14.4. The number of halogens is 9. The highest BCUT2D eigenvalue weighted by molar-refractivity contribution is 5.77. The van der Waals surface area contributed by atoms with E-state index in [0.717, 1.165) is 17.0 Å². The molecule has 3 atom stereocenters. The van der Waals surface area contributed by atoms with Crippen molar-refractivity contribution in [3.63, 3.8) is 0 Å². The maximum absolute atomic E-state index is 14.1. The summed E-state index contributed by atoms with van der Waals surface area (Å²) in [6, 6.07) is 7.49. The molecule has 266 valence electrons. The Morgan fingerprint density at radius 3 is 2.14 bits per heavy atom. The maximum atomic E-state index is 14.1. The molecule has 50 heavy (non-hydrogen) atoms. The summed E-state index contributed by atoms with van der Waals surface area (Å²) in [5.41, 5.74) is 1.80. The number of hydrogen-bond donors (Lipinski definition) is 2. The van der Waals surface area contributed by atoms with Crippen LogP contribution in [0.1, 0.15) is 58.0 Å². The molecule has 2 saturated heterocycles. The lowest BCUT2D eigenvalue weighted by atomic mass is 9.89. The standard InChI is InChI=1S/C32H26F9N5O4/c1-48-24-6-2-15(3-7-25-44-45-28(42)49-25)10-21(24)20-5-4-17(30(33,34)35)14-22(20)27-43-9-8-23-26(50-29(47)46(23)27)16-11-18(31(36,37)38)13-19(12-16)32(39,40)41/h2,4-6,10-14,23,26-27,43H,3,7-9H2,1H3,(H2,42,45)/t23-,26+,27-/m0/s1. The van der Waals surface area contributed by atoms with Gasteiger partial charge in [0.05, 0.1) is 29.8 Å². The number of hydrogen-bond acceptors (Lipinski definition) is 8. The SMILES string of the molecule is COc1ccc(CCc2nnc(N)o2)cc1-c1ccc(C(F)(F)F)cc1[C@H]1NCC[C@H]2[C@@H](c3cc(C(F)(F)F)cc(C(F)(F)F)c3)OC(=O)N12. The molecule has 0 unspecified atom stereocenters. The Bertz CT molecular complexity index is 1880. The lowest BCUT2D eigenvalue weighted by Gasteiger charge is -2.39. The molecule has 0 aliphatic carbocycles. The molecule has 2 fully saturated rings. The van der Waals surface area contributed by atoms with Gasteiger partial charge in [0.15, 0.2) is 0 Å². The number of carbonyl (C=O) groups is 1. The third-order valence-corrected chi connectivity index (χ3v) is 8.48.